The summed E-state index contributed by atoms with van der Waals surface area (Å²) >= 11 is 1.00. The van der Waals surface area contributed by atoms with Crippen molar-refractivity contribution in [1.82, 2.24) is 4.98 Å². The van der Waals surface area contributed by atoms with Crippen molar-refractivity contribution in [2.24, 2.45) is 9.50 Å². The number of nitrogens with two attached hydrogens (primary N) is 1. The fraction of sp³-hybridized carbons (Fsp3) is 0.444. The molecule has 1 aromatic carbocycles. The number of thiazole rings is 1. The second-order valence-corrected chi connectivity index (χ2v) is 10.3. The minimum Gasteiger partial charge on any atom is -0.491 e. The first kappa shape index (κ1) is 19.3. The number of urea groups is 1. The number of hydrogen-bond acceptors (Lipinski definition) is 6. The maximum absolute atomic E-state index is 12.8. The van der Waals surface area contributed by atoms with Crippen LogP contribution in [0.1, 0.15) is 42.7 Å². The zero-order chi connectivity index (χ0) is 20.1. The largest absolute Gasteiger partial charge is 0.491 e. The number of benzene rings is 1. The van der Waals surface area contributed by atoms with Gasteiger partial charge in [-0.2, -0.15) is 0 Å². The van der Waals surface area contributed by atoms with Crippen LogP contribution >= 0.6 is 11.3 Å². The number of carbonyl (C=O) groups excluding carboxylic acids is 1. The molecule has 2 aliphatic rings. The van der Waals surface area contributed by atoms with Crippen molar-refractivity contribution in [2.75, 3.05) is 11.9 Å². The van der Waals surface area contributed by atoms with Crippen LogP contribution in [-0.4, -0.2) is 26.9 Å². The van der Waals surface area contributed by atoms with Gasteiger partial charge in [-0.25, -0.2) is 19.1 Å². The molecule has 150 valence electrons. The van der Waals surface area contributed by atoms with Crippen LogP contribution in [0.3, 0.4) is 0 Å². The highest BCUT2D eigenvalue weighted by Gasteiger charge is 2.27. The number of anilines is 1. The van der Waals surface area contributed by atoms with E-state index in [4.69, 9.17) is 9.88 Å². The van der Waals surface area contributed by atoms with Crippen molar-refractivity contribution in [2.45, 2.75) is 49.5 Å². The molecule has 2 amide bonds. The van der Waals surface area contributed by atoms with Gasteiger partial charge in [-0.1, -0.05) is 6.07 Å². The summed E-state index contributed by atoms with van der Waals surface area (Å²) in [6.45, 7) is 3.69. The Kier molecular flexibility index (Phi) is 4.69. The summed E-state index contributed by atoms with van der Waals surface area (Å²) in [6, 6.07) is 1.35. The van der Waals surface area contributed by atoms with E-state index in [1.165, 1.54) is 5.56 Å². The van der Waals surface area contributed by atoms with E-state index in [1.807, 2.05) is 0 Å². The third kappa shape index (κ3) is 3.52. The first-order chi connectivity index (χ1) is 13.1. The van der Waals surface area contributed by atoms with Gasteiger partial charge in [-0.3, -0.25) is 0 Å². The average molecular weight is 423 g/mol. The van der Waals surface area contributed by atoms with E-state index in [0.717, 1.165) is 48.1 Å². The topological polar surface area (TPSA) is 127 Å². The molecule has 0 bridgehead atoms. The van der Waals surface area contributed by atoms with E-state index in [1.54, 1.807) is 19.2 Å². The van der Waals surface area contributed by atoms with E-state index in [0.29, 0.717) is 23.7 Å². The van der Waals surface area contributed by atoms with Gasteiger partial charge in [0, 0.05) is 11.8 Å². The van der Waals surface area contributed by atoms with Gasteiger partial charge in [-0.05, 0) is 49.8 Å². The predicted octanol–water partition coefficient (Wildman–Crippen LogP) is 2.73. The van der Waals surface area contributed by atoms with Gasteiger partial charge in [0.15, 0.2) is 9.92 Å². The SMILES string of the molecule is CC(C)(O)c1csc([S@](N)(=O)=NC(=O)Nc2c3c(cc4c2OCC4)CCC3)n1. The third-order valence-electron chi connectivity index (χ3n) is 4.86. The summed E-state index contributed by atoms with van der Waals surface area (Å²) in [7, 11) is -3.53. The summed E-state index contributed by atoms with van der Waals surface area (Å²) in [5.74, 6) is 0.672. The van der Waals surface area contributed by atoms with Gasteiger partial charge in [-0.15, -0.1) is 15.7 Å². The zero-order valence-electron chi connectivity index (χ0n) is 15.7. The first-order valence-electron chi connectivity index (χ1n) is 9.00. The van der Waals surface area contributed by atoms with Crippen LogP contribution in [0.2, 0.25) is 0 Å². The Bertz CT molecular complexity index is 1050. The monoisotopic (exact) mass is 422 g/mol. The highest BCUT2D eigenvalue weighted by atomic mass is 32.2. The van der Waals surface area contributed by atoms with Gasteiger partial charge in [0.05, 0.1) is 18.0 Å². The number of rotatable bonds is 3. The summed E-state index contributed by atoms with van der Waals surface area (Å²) in [6.07, 6.45) is 3.63. The smallest absolute Gasteiger partial charge is 0.355 e. The lowest BCUT2D eigenvalue weighted by atomic mass is 10.0. The second kappa shape index (κ2) is 6.80. The molecule has 0 unspecified atom stereocenters. The molecule has 8 nitrogen and oxygen atoms in total. The molecule has 1 aliphatic heterocycles. The lowest BCUT2D eigenvalue weighted by molar-refractivity contribution is 0.0741. The highest BCUT2D eigenvalue weighted by Crippen LogP contribution is 2.42. The van der Waals surface area contributed by atoms with Crippen molar-refractivity contribution in [1.29, 1.82) is 0 Å². The summed E-state index contributed by atoms with van der Waals surface area (Å²) in [5, 5.41) is 20.1. The Morgan fingerprint density at radius 2 is 2.18 bits per heavy atom. The number of aliphatic hydroxyl groups is 1. The highest BCUT2D eigenvalue weighted by molar-refractivity contribution is 7.93. The Balaban J connectivity index is 1.65. The molecule has 4 N–H and O–H groups in total. The molecule has 1 atom stereocenters. The van der Waals surface area contributed by atoms with Crippen molar-refractivity contribution in [3.63, 3.8) is 0 Å². The molecule has 0 fully saturated rings. The molecule has 0 spiro atoms. The summed E-state index contributed by atoms with van der Waals surface area (Å²) in [5.41, 5.74) is 3.07. The van der Waals surface area contributed by atoms with E-state index in [9.17, 15) is 14.1 Å². The van der Waals surface area contributed by atoms with Gasteiger partial charge in [0.1, 0.15) is 11.4 Å². The molecule has 28 heavy (non-hydrogen) atoms. The van der Waals surface area contributed by atoms with Crippen LogP contribution < -0.4 is 15.2 Å². The molecule has 2 aromatic rings. The Hall–Kier alpha value is -2.01. The molecule has 1 aliphatic carbocycles. The van der Waals surface area contributed by atoms with Gasteiger partial charge < -0.3 is 15.2 Å². The lowest BCUT2D eigenvalue weighted by Gasteiger charge is -2.14. The van der Waals surface area contributed by atoms with Crippen molar-refractivity contribution < 1.29 is 18.8 Å². The van der Waals surface area contributed by atoms with Crippen LogP contribution in [-0.2, 0) is 34.8 Å². The van der Waals surface area contributed by atoms with Crippen LogP contribution in [0.25, 0.3) is 0 Å². The Morgan fingerprint density at radius 1 is 1.39 bits per heavy atom. The molecule has 0 radical (unpaired) electrons. The van der Waals surface area contributed by atoms with E-state index in [2.05, 4.69) is 20.7 Å². The first-order valence-corrected chi connectivity index (χ1v) is 11.5. The van der Waals surface area contributed by atoms with Crippen molar-refractivity contribution >= 4 is 33.0 Å². The van der Waals surface area contributed by atoms with Gasteiger partial charge in [0.25, 0.3) is 0 Å². The number of aromatic nitrogens is 1. The van der Waals surface area contributed by atoms with Crippen LogP contribution in [0, 0.1) is 0 Å². The molecular weight excluding hydrogens is 400 g/mol. The van der Waals surface area contributed by atoms with Crippen LogP contribution in [0.5, 0.6) is 5.75 Å². The maximum Gasteiger partial charge on any atom is 0.355 e. The third-order valence-corrected chi connectivity index (χ3v) is 7.53. The number of aryl methyl sites for hydroxylation is 1. The minimum atomic E-state index is -3.53. The molecule has 0 saturated carbocycles. The number of nitrogens with one attached hydrogen (secondary N) is 1. The minimum absolute atomic E-state index is 0.000422. The van der Waals surface area contributed by atoms with E-state index >= 15 is 0 Å². The van der Waals surface area contributed by atoms with Crippen molar-refractivity contribution in [3.05, 3.63) is 33.8 Å². The average Bonchev–Trinajstić information content (AvgIpc) is 3.33. The summed E-state index contributed by atoms with van der Waals surface area (Å²) < 4.78 is 22.2. The quantitative estimate of drug-likeness (QED) is 0.701. The van der Waals surface area contributed by atoms with E-state index < -0.39 is 21.5 Å². The number of fused-ring (bicyclic) bond motifs is 2. The number of carbonyl (C=O) groups is 1. The predicted molar refractivity (Wildman–Crippen MR) is 107 cm³/mol. The normalized spacial score (nSPS) is 17.4. The Labute approximate surface area is 167 Å². The van der Waals surface area contributed by atoms with Crippen molar-refractivity contribution in [3.8, 4) is 5.75 Å². The fourth-order valence-corrected chi connectivity index (χ4v) is 5.61. The maximum atomic E-state index is 12.8. The zero-order valence-corrected chi connectivity index (χ0v) is 17.3. The molecule has 1 aromatic heterocycles. The van der Waals surface area contributed by atoms with Gasteiger partial charge >= 0.3 is 6.03 Å². The molecule has 4 rings (SSSR count). The number of hydrogen-bond donors (Lipinski definition) is 3. The fourth-order valence-electron chi connectivity index (χ4n) is 3.50. The molecule has 0 saturated heterocycles. The molecule has 2 heterocycles. The van der Waals surface area contributed by atoms with Crippen LogP contribution in [0.4, 0.5) is 10.5 Å². The molecule has 10 heteroatoms. The summed E-state index contributed by atoms with van der Waals surface area (Å²) in [4.78, 5) is 16.6. The number of ether oxygens (including phenoxy) is 1. The standard InChI is InChI=1S/C18H22N4O4S2/c1-18(2,24)13-9-27-17(20-13)28(19,25)22-16(23)21-14-12-5-3-4-10(12)8-11-6-7-26-15(11)14/h8-9,24H,3-7H2,1-2H3,(H3,19,21,22,23,25)/t28-/m1/s1. The lowest BCUT2D eigenvalue weighted by Crippen LogP contribution is -2.20. The Morgan fingerprint density at radius 3 is 2.89 bits per heavy atom. The number of amides is 2. The van der Waals surface area contributed by atoms with Crippen LogP contribution in [0.15, 0.2) is 20.1 Å². The van der Waals surface area contributed by atoms with Gasteiger partial charge in [0.2, 0.25) is 4.34 Å². The molecular formula is C18H22N4O4S2. The van der Waals surface area contributed by atoms with E-state index in [-0.39, 0.29) is 4.34 Å². The second-order valence-electron chi connectivity index (χ2n) is 7.48. The number of nitrogens with zero attached hydrogens (tertiary/aromatic N) is 2.